The summed E-state index contributed by atoms with van der Waals surface area (Å²) in [5, 5.41) is 0. The molecule has 2 fully saturated rings. The summed E-state index contributed by atoms with van der Waals surface area (Å²) in [6, 6.07) is 1.63. The second-order valence-corrected chi connectivity index (χ2v) is 11.7. The average Bonchev–Trinajstić information content (AvgIpc) is 3.55. The number of rotatable bonds is 14. The Morgan fingerprint density at radius 3 is 1.46 bits per heavy atom. The SMILES string of the molecule is CCO[Si](CCC1CO1)(OCC)OCC.CO[Si](CC1CO1)(OC)OC. The number of ether oxygens (including phenoxy) is 2. The van der Waals surface area contributed by atoms with Gasteiger partial charge in [0.2, 0.25) is 0 Å². The standard InChI is InChI=1S/C10H22O4Si.C6H14O4Si/c1-4-12-15(13-5-2,14-6-3)8-7-10-9-11-10;1-7-11(8-2,9-3)5-6-4-10-6/h10H,4-9H2,1-3H3;6H,4-5H2,1-3H3. The topological polar surface area (TPSA) is 80.4 Å². The van der Waals surface area contributed by atoms with Gasteiger partial charge < -0.3 is 36.0 Å². The van der Waals surface area contributed by atoms with Crippen molar-refractivity contribution in [2.75, 3.05) is 54.4 Å². The molecule has 0 bridgehead atoms. The van der Waals surface area contributed by atoms with E-state index < -0.39 is 17.6 Å². The van der Waals surface area contributed by atoms with Gasteiger partial charge in [-0.15, -0.1) is 0 Å². The van der Waals surface area contributed by atoms with Gasteiger partial charge in [-0.05, 0) is 27.2 Å². The van der Waals surface area contributed by atoms with E-state index >= 15 is 0 Å². The first-order valence-electron chi connectivity index (χ1n) is 9.33. The third kappa shape index (κ3) is 8.87. The Hall–Kier alpha value is 0.114. The molecule has 0 aromatic carbocycles. The first kappa shape index (κ1) is 24.2. The average molecular weight is 413 g/mol. The number of epoxide rings is 2. The molecule has 2 atom stereocenters. The Bertz CT molecular complexity index is 337. The van der Waals surface area contributed by atoms with Crippen molar-refractivity contribution in [1.29, 1.82) is 0 Å². The molecule has 2 rings (SSSR count). The van der Waals surface area contributed by atoms with Crippen LogP contribution >= 0.6 is 0 Å². The van der Waals surface area contributed by atoms with Crippen molar-refractivity contribution in [3.8, 4) is 0 Å². The first-order valence-corrected chi connectivity index (χ1v) is 13.2. The molecule has 8 nitrogen and oxygen atoms in total. The van der Waals surface area contributed by atoms with Crippen LogP contribution in [0.15, 0.2) is 0 Å². The minimum atomic E-state index is -2.40. The van der Waals surface area contributed by atoms with Crippen molar-refractivity contribution in [2.24, 2.45) is 0 Å². The van der Waals surface area contributed by atoms with E-state index in [4.69, 9.17) is 36.0 Å². The lowest BCUT2D eigenvalue weighted by Crippen LogP contribution is -2.46. The van der Waals surface area contributed by atoms with Gasteiger partial charge in [-0.3, -0.25) is 0 Å². The molecule has 2 heterocycles. The van der Waals surface area contributed by atoms with Crippen LogP contribution < -0.4 is 0 Å². The van der Waals surface area contributed by atoms with Crippen molar-refractivity contribution in [3.05, 3.63) is 0 Å². The Labute approximate surface area is 160 Å². The molecule has 2 aliphatic rings. The fourth-order valence-corrected chi connectivity index (χ4v) is 7.01. The van der Waals surface area contributed by atoms with Crippen molar-refractivity contribution in [1.82, 2.24) is 0 Å². The highest BCUT2D eigenvalue weighted by atomic mass is 28.4. The van der Waals surface area contributed by atoms with Crippen molar-refractivity contribution >= 4 is 17.6 Å². The molecule has 2 aliphatic heterocycles. The molecule has 2 saturated heterocycles. The summed E-state index contributed by atoms with van der Waals surface area (Å²) in [4.78, 5) is 0. The van der Waals surface area contributed by atoms with Crippen molar-refractivity contribution in [3.63, 3.8) is 0 Å². The van der Waals surface area contributed by atoms with Crippen LogP contribution in [-0.4, -0.2) is 84.2 Å². The smallest absolute Gasteiger partial charge is 0.377 e. The molecule has 0 aromatic rings. The maximum atomic E-state index is 5.73. The van der Waals surface area contributed by atoms with Gasteiger partial charge in [-0.25, -0.2) is 0 Å². The van der Waals surface area contributed by atoms with Gasteiger partial charge in [-0.1, -0.05) is 0 Å². The molecule has 0 saturated carbocycles. The van der Waals surface area contributed by atoms with Gasteiger partial charge in [0.15, 0.2) is 0 Å². The summed E-state index contributed by atoms with van der Waals surface area (Å²) in [6.45, 7) is 9.58. The molecule has 0 spiro atoms. The van der Waals surface area contributed by atoms with Gasteiger partial charge in [0.05, 0.1) is 25.4 Å². The van der Waals surface area contributed by atoms with Crippen molar-refractivity contribution in [2.45, 2.75) is 51.5 Å². The Kier molecular flexibility index (Phi) is 11.7. The lowest BCUT2D eigenvalue weighted by atomic mass is 10.4. The van der Waals surface area contributed by atoms with Crippen molar-refractivity contribution < 1.29 is 36.0 Å². The van der Waals surface area contributed by atoms with Gasteiger partial charge in [-0.2, -0.15) is 0 Å². The third-order valence-corrected chi connectivity index (χ3v) is 9.99. The Balaban J connectivity index is 0.000000273. The highest BCUT2D eigenvalue weighted by Gasteiger charge is 2.44. The van der Waals surface area contributed by atoms with Crippen LogP contribution in [0.25, 0.3) is 0 Å². The summed E-state index contributed by atoms with van der Waals surface area (Å²) in [5.74, 6) is 0. The molecule has 0 N–H and O–H groups in total. The van der Waals surface area contributed by atoms with E-state index in [-0.39, 0.29) is 0 Å². The first-order chi connectivity index (χ1) is 12.5. The fraction of sp³-hybridized carbons (Fsp3) is 1.00. The van der Waals surface area contributed by atoms with Gasteiger partial charge >= 0.3 is 17.6 Å². The second-order valence-electron chi connectivity index (χ2n) is 5.93. The summed E-state index contributed by atoms with van der Waals surface area (Å²) < 4.78 is 43.0. The lowest BCUT2D eigenvalue weighted by molar-refractivity contribution is 0.0702. The molecule has 0 aliphatic carbocycles. The maximum absolute atomic E-state index is 5.73. The van der Waals surface area contributed by atoms with Crippen LogP contribution in [0.4, 0.5) is 0 Å². The Morgan fingerprint density at radius 1 is 0.731 bits per heavy atom. The molecule has 2 unspecified atom stereocenters. The third-order valence-electron chi connectivity index (χ3n) is 4.08. The van der Waals surface area contributed by atoms with Crippen LogP contribution in [-0.2, 0) is 36.0 Å². The van der Waals surface area contributed by atoms with E-state index in [1.807, 2.05) is 20.8 Å². The van der Waals surface area contributed by atoms with Crippen LogP contribution in [0.1, 0.15) is 27.2 Å². The lowest BCUT2D eigenvalue weighted by Gasteiger charge is -2.28. The quantitative estimate of drug-likeness (QED) is 0.317. The summed E-state index contributed by atoms with van der Waals surface area (Å²) in [6.07, 6.45) is 1.70. The maximum Gasteiger partial charge on any atom is 0.502 e. The number of hydrogen-bond donors (Lipinski definition) is 0. The molecule has 0 aromatic heterocycles. The molecular formula is C16H36O8Si2. The predicted octanol–water partition coefficient (Wildman–Crippen LogP) is 2.09. The van der Waals surface area contributed by atoms with E-state index in [1.54, 1.807) is 21.3 Å². The van der Waals surface area contributed by atoms with E-state index in [1.165, 1.54) is 0 Å². The zero-order chi connectivity index (χ0) is 19.5. The highest BCUT2D eigenvalue weighted by molar-refractivity contribution is 6.61. The second kappa shape index (κ2) is 12.5. The van der Waals surface area contributed by atoms with E-state index in [0.717, 1.165) is 31.7 Å². The summed E-state index contributed by atoms with van der Waals surface area (Å²) in [5.41, 5.74) is 0. The van der Waals surface area contributed by atoms with Crippen LogP contribution in [0, 0.1) is 0 Å². The largest absolute Gasteiger partial charge is 0.502 e. The molecule has 156 valence electrons. The number of hydrogen-bond acceptors (Lipinski definition) is 8. The Morgan fingerprint density at radius 2 is 1.15 bits per heavy atom. The zero-order valence-electron chi connectivity index (χ0n) is 17.1. The molecule has 0 amide bonds. The highest BCUT2D eigenvalue weighted by Crippen LogP contribution is 2.25. The molecule has 26 heavy (non-hydrogen) atoms. The fourth-order valence-electron chi connectivity index (χ4n) is 2.54. The van der Waals surface area contributed by atoms with E-state index in [0.29, 0.717) is 32.0 Å². The van der Waals surface area contributed by atoms with E-state index in [2.05, 4.69) is 0 Å². The van der Waals surface area contributed by atoms with Gasteiger partial charge in [0.1, 0.15) is 0 Å². The van der Waals surface area contributed by atoms with Crippen LogP contribution in [0.3, 0.4) is 0 Å². The van der Waals surface area contributed by atoms with Gasteiger partial charge in [0, 0.05) is 53.2 Å². The predicted molar refractivity (Wildman–Crippen MR) is 101 cm³/mol. The summed E-state index contributed by atoms with van der Waals surface area (Å²) in [7, 11) is 0.0968. The minimum Gasteiger partial charge on any atom is -0.377 e. The summed E-state index contributed by atoms with van der Waals surface area (Å²) >= 11 is 0. The van der Waals surface area contributed by atoms with Gasteiger partial charge in [0.25, 0.3) is 0 Å². The minimum absolute atomic E-state index is 0.293. The zero-order valence-corrected chi connectivity index (χ0v) is 19.1. The van der Waals surface area contributed by atoms with Crippen LogP contribution in [0.2, 0.25) is 12.1 Å². The molecule has 0 radical (unpaired) electrons. The normalized spacial score (nSPS) is 21.9. The monoisotopic (exact) mass is 412 g/mol. The molecular weight excluding hydrogens is 376 g/mol. The van der Waals surface area contributed by atoms with E-state index in [9.17, 15) is 0 Å². The molecule has 10 heteroatoms. The van der Waals surface area contributed by atoms with Crippen LogP contribution in [0.5, 0.6) is 0 Å².